The number of likely N-dealkylation sites (tertiary alicyclic amines) is 1. The number of carbonyl (C=O) groups excluding carboxylic acids is 3. The second-order valence-electron chi connectivity index (χ2n) is 18.5. The summed E-state index contributed by atoms with van der Waals surface area (Å²) in [5, 5.41) is 18.0. The van der Waals surface area contributed by atoms with E-state index in [2.05, 4.69) is 77.8 Å². The van der Waals surface area contributed by atoms with Gasteiger partial charge in [-0.15, -0.1) is 0 Å². The van der Waals surface area contributed by atoms with Gasteiger partial charge in [0.25, 0.3) is 0 Å². The number of amides is 3. The van der Waals surface area contributed by atoms with Crippen LogP contribution in [0.2, 0.25) is 0 Å². The predicted molar refractivity (Wildman–Crippen MR) is 251 cm³/mol. The van der Waals surface area contributed by atoms with Gasteiger partial charge in [-0.3, -0.25) is 14.9 Å². The van der Waals surface area contributed by atoms with Crippen molar-refractivity contribution >= 4 is 39.7 Å². The second-order valence-corrected chi connectivity index (χ2v) is 18.5. The molecule has 0 bridgehead atoms. The van der Waals surface area contributed by atoms with Crippen molar-refractivity contribution in [2.45, 2.75) is 136 Å². The minimum Gasteiger partial charge on any atom is -0.488 e. The Morgan fingerprint density at radius 3 is 2.50 bits per heavy atom. The SMILES string of the molecule is CCC[C@@H](CC)N(C(=O)[C@@H](NC(=O)OC)C1CCOCC1)[C@@H](C)c1nc2ccc3cc4c(cc3c2[nH]1)OCc1cc(-c2cnc([C@@H]3CC[C@H](C)N3C(=O)[C@@H](NC(O)OC)C(C)C)[nH]2)ccc1-4. The summed E-state index contributed by atoms with van der Waals surface area (Å²) in [5.74, 6) is 1.78. The maximum absolute atomic E-state index is 14.8. The standard InChI is InChI=1S/C50H66N8O8/c1-9-11-34(10-2)58(48(60)43(56-50(62)64-8)30-18-20-65-21-19-30)29(6)45-52-38-16-14-31-23-37-35-15-13-32(22-33(35)26-66-41(37)24-36(31)44(38)54-45)39-25-51-46(53-39)40-17-12-28(5)57(40)47(59)42(27(3)4)55-49(61)63-7/h13-16,22-25,27-30,34,40,42-43,49,55,61H,9-12,17-21,26H2,1-8H3,(H,51,53)(H,52,54)(H,56,62)/t28-,29-,34+,40-,42-,43-,49?/m0/s1. The van der Waals surface area contributed by atoms with Crippen LogP contribution >= 0.6 is 0 Å². The topological polar surface area (TPSA) is 196 Å². The summed E-state index contributed by atoms with van der Waals surface area (Å²) in [7, 11) is 2.71. The number of aliphatic hydroxyl groups excluding tert-OH is 1. The molecule has 3 aliphatic heterocycles. The molecule has 3 aliphatic rings. The van der Waals surface area contributed by atoms with Gasteiger partial charge in [0.15, 0.2) is 0 Å². The lowest BCUT2D eigenvalue weighted by atomic mass is 9.89. The van der Waals surface area contributed by atoms with E-state index in [-0.39, 0.29) is 41.8 Å². The number of benzene rings is 3. The van der Waals surface area contributed by atoms with Crippen molar-refractivity contribution < 1.29 is 38.4 Å². The number of nitrogens with one attached hydrogen (secondary N) is 4. The fourth-order valence-electron chi connectivity index (χ4n) is 10.4. The van der Waals surface area contributed by atoms with Gasteiger partial charge >= 0.3 is 6.09 Å². The Kier molecular flexibility index (Phi) is 14.3. The number of methoxy groups -OCH3 is 2. The molecule has 0 aliphatic carbocycles. The molecule has 7 atom stereocenters. The predicted octanol–water partition coefficient (Wildman–Crippen LogP) is 7.87. The molecule has 2 fully saturated rings. The highest BCUT2D eigenvalue weighted by molar-refractivity contribution is 6.07. The Morgan fingerprint density at radius 2 is 1.79 bits per heavy atom. The van der Waals surface area contributed by atoms with Gasteiger partial charge in [-0.05, 0) is 111 Å². The highest BCUT2D eigenvalue weighted by Gasteiger charge is 2.42. The first-order valence-corrected chi connectivity index (χ1v) is 23.7. The van der Waals surface area contributed by atoms with Crippen LogP contribution in [0.3, 0.4) is 0 Å². The van der Waals surface area contributed by atoms with Gasteiger partial charge in [-0.2, -0.15) is 0 Å². The number of aromatic nitrogens is 4. The summed E-state index contributed by atoms with van der Waals surface area (Å²) < 4.78 is 22.1. The zero-order valence-corrected chi connectivity index (χ0v) is 39.5. The van der Waals surface area contributed by atoms with Crippen LogP contribution < -0.4 is 15.4 Å². The van der Waals surface area contributed by atoms with Gasteiger partial charge in [0.2, 0.25) is 18.2 Å². The molecule has 0 radical (unpaired) electrons. The van der Waals surface area contributed by atoms with E-state index in [0.29, 0.717) is 38.5 Å². The lowest BCUT2D eigenvalue weighted by molar-refractivity contribution is -0.146. The fraction of sp³-hybridized carbons (Fsp3) is 0.540. The van der Waals surface area contributed by atoms with E-state index in [1.165, 1.54) is 14.2 Å². The number of carbonyl (C=O) groups is 3. The van der Waals surface area contributed by atoms with Crippen molar-refractivity contribution in [3.63, 3.8) is 0 Å². The van der Waals surface area contributed by atoms with E-state index in [1.54, 1.807) is 0 Å². The van der Waals surface area contributed by atoms with Gasteiger partial charge in [-0.25, -0.2) is 14.8 Å². The quantitative estimate of drug-likeness (QED) is 0.0605. The minimum atomic E-state index is -1.25. The van der Waals surface area contributed by atoms with Crippen molar-refractivity contribution in [2.24, 2.45) is 11.8 Å². The number of hydrogen-bond donors (Lipinski definition) is 5. The molecule has 5 heterocycles. The summed E-state index contributed by atoms with van der Waals surface area (Å²) >= 11 is 0. The van der Waals surface area contributed by atoms with E-state index >= 15 is 0 Å². The van der Waals surface area contributed by atoms with Crippen LogP contribution in [0.5, 0.6) is 5.75 Å². The zero-order valence-electron chi connectivity index (χ0n) is 39.5. The van der Waals surface area contributed by atoms with E-state index in [0.717, 1.165) is 93.4 Å². The van der Waals surface area contributed by atoms with Crippen molar-refractivity contribution in [2.75, 3.05) is 27.4 Å². The summed E-state index contributed by atoms with van der Waals surface area (Å²) in [4.78, 5) is 62.2. The van der Waals surface area contributed by atoms with Crippen LogP contribution in [0.25, 0.3) is 44.2 Å². The van der Waals surface area contributed by atoms with Crippen molar-refractivity contribution in [1.29, 1.82) is 0 Å². The molecule has 2 aromatic heterocycles. The molecule has 8 rings (SSSR count). The van der Waals surface area contributed by atoms with Gasteiger partial charge in [0, 0.05) is 43.4 Å². The van der Waals surface area contributed by atoms with E-state index < -0.39 is 30.6 Å². The molecule has 5 aromatic rings. The maximum Gasteiger partial charge on any atom is 0.407 e. The molecular weight excluding hydrogens is 841 g/mol. The number of imidazole rings is 2. The molecule has 354 valence electrons. The molecule has 3 amide bonds. The number of nitrogens with zero attached hydrogens (tertiary/aromatic N) is 4. The fourth-order valence-corrected chi connectivity index (χ4v) is 10.4. The average molecular weight is 907 g/mol. The van der Waals surface area contributed by atoms with Gasteiger partial charge in [-0.1, -0.05) is 52.3 Å². The number of ether oxygens (including phenoxy) is 4. The summed E-state index contributed by atoms with van der Waals surface area (Å²) in [5.41, 5.74) is 6.59. The molecule has 66 heavy (non-hydrogen) atoms. The van der Waals surface area contributed by atoms with Gasteiger partial charge < -0.3 is 49.1 Å². The zero-order chi connectivity index (χ0) is 46.8. The molecule has 5 N–H and O–H groups in total. The van der Waals surface area contributed by atoms with Crippen LogP contribution in [0.4, 0.5) is 4.79 Å². The third-order valence-corrected chi connectivity index (χ3v) is 14.0. The molecule has 0 spiro atoms. The first kappa shape index (κ1) is 47.0. The largest absolute Gasteiger partial charge is 0.488 e. The molecule has 2 saturated heterocycles. The monoisotopic (exact) mass is 907 g/mol. The number of alkyl carbamates (subject to hydrolysis) is 1. The molecule has 0 saturated carbocycles. The molecule has 1 unspecified atom stereocenters. The van der Waals surface area contributed by atoms with Crippen LogP contribution in [0.1, 0.15) is 116 Å². The molecular formula is C50H66N8O8. The smallest absolute Gasteiger partial charge is 0.407 e. The highest BCUT2D eigenvalue weighted by atomic mass is 16.6. The third kappa shape index (κ3) is 9.25. The Labute approximate surface area is 386 Å². The summed E-state index contributed by atoms with van der Waals surface area (Å²) in [6.07, 6.45) is 5.36. The molecule has 3 aromatic carbocycles. The lowest BCUT2D eigenvalue weighted by Crippen LogP contribution is -2.56. The van der Waals surface area contributed by atoms with Gasteiger partial charge in [0.05, 0.1) is 48.2 Å². The number of aromatic amines is 2. The maximum atomic E-state index is 14.8. The van der Waals surface area contributed by atoms with E-state index in [4.69, 9.17) is 28.9 Å². The third-order valence-electron chi connectivity index (χ3n) is 14.0. The minimum absolute atomic E-state index is 0.00876. The van der Waals surface area contributed by atoms with Crippen LogP contribution in [-0.2, 0) is 30.4 Å². The number of H-pyrrole nitrogens is 2. The van der Waals surface area contributed by atoms with Crippen molar-refractivity contribution in [1.82, 2.24) is 40.4 Å². The average Bonchev–Trinajstić information content (AvgIpc) is 4.10. The lowest BCUT2D eigenvalue weighted by Gasteiger charge is -2.40. The summed E-state index contributed by atoms with van der Waals surface area (Å²) in [6.45, 7) is 13.6. The Balaban J connectivity index is 1.06. The van der Waals surface area contributed by atoms with Crippen LogP contribution in [0.15, 0.2) is 48.7 Å². The number of rotatable bonds is 16. The Morgan fingerprint density at radius 1 is 1.00 bits per heavy atom. The van der Waals surface area contributed by atoms with E-state index in [1.807, 2.05) is 42.8 Å². The van der Waals surface area contributed by atoms with Gasteiger partial charge in [0.1, 0.15) is 30.0 Å². The number of hydrogen-bond acceptors (Lipinski definition) is 11. The summed E-state index contributed by atoms with van der Waals surface area (Å²) in [6, 6.07) is 12.6. The van der Waals surface area contributed by atoms with E-state index in [9.17, 15) is 19.5 Å². The Bertz CT molecular complexity index is 2530. The first-order valence-electron chi connectivity index (χ1n) is 23.7. The van der Waals surface area contributed by atoms with Crippen LogP contribution in [-0.4, -0.2) is 111 Å². The van der Waals surface area contributed by atoms with Crippen molar-refractivity contribution in [3.8, 4) is 28.1 Å². The second kappa shape index (κ2) is 20.1. The number of fused-ring (bicyclic) bond motifs is 6. The van der Waals surface area contributed by atoms with Crippen molar-refractivity contribution in [3.05, 3.63) is 65.9 Å². The number of aliphatic hydroxyl groups is 1. The highest BCUT2D eigenvalue weighted by Crippen LogP contribution is 2.43. The van der Waals surface area contributed by atoms with Crippen LogP contribution in [0, 0.1) is 11.8 Å². The Hall–Kier alpha value is -5.55. The molecule has 16 heteroatoms. The molecule has 16 nitrogen and oxygen atoms in total. The normalized spacial score (nSPS) is 19.8. The first-order chi connectivity index (χ1) is 31.8.